The molecule has 2 amide bonds. The quantitative estimate of drug-likeness (QED) is 0.587. The molecule has 2 aliphatic heterocycles. The second-order valence-corrected chi connectivity index (χ2v) is 12.3. The highest BCUT2D eigenvalue weighted by atomic mass is 16.2. The summed E-state index contributed by atoms with van der Waals surface area (Å²) in [6.07, 6.45) is 7.93. The number of hydrogen-bond acceptors (Lipinski definition) is 4. The average molecular weight is 465 g/mol. The van der Waals surface area contributed by atoms with Gasteiger partial charge in [-0.15, -0.1) is 0 Å². The van der Waals surface area contributed by atoms with E-state index >= 15 is 0 Å². The van der Waals surface area contributed by atoms with E-state index in [0.717, 1.165) is 45.3 Å². The van der Waals surface area contributed by atoms with Crippen molar-refractivity contribution in [3.05, 3.63) is 0 Å². The summed E-state index contributed by atoms with van der Waals surface area (Å²) < 4.78 is 0. The van der Waals surface area contributed by atoms with Gasteiger partial charge in [0.2, 0.25) is 11.8 Å². The van der Waals surface area contributed by atoms with Crippen LogP contribution >= 0.6 is 0 Å². The summed E-state index contributed by atoms with van der Waals surface area (Å²) in [4.78, 5) is 33.8. The van der Waals surface area contributed by atoms with Gasteiger partial charge in [0.1, 0.15) is 6.04 Å². The Morgan fingerprint density at radius 1 is 1.12 bits per heavy atom. The van der Waals surface area contributed by atoms with Crippen LogP contribution in [0.4, 0.5) is 0 Å². The lowest BCUT2D eigenvalue weighted by molar-refractivity contribution is -0.143. The summed E-state index contributed by atoms with van der Waals surface area (Å²) in [7, 11) is 3.96. The zero-order valence-electron chi connectivity index (χ0n) is 23.0. The predicted molar refractivity (Wildman–Crippen MR) is 137 cm³/mol. The van der Waals surface area contributed by atoms with E-state index in [1.165, 1.54) is 19.3 Å². The minimum absolute atomic E-state index is 0.00504. The molecule has 2 aliphatic rings. The second-order valence-electron chi connectivity index (χ2n) is 12.3. The van der Waals surface area contributed by atoms with Crippen molar-refractivity contribution in [3.63, 3.8) is 0 Å². The van der Waals surface area contributed by atoms with Crippen molar-refractivity contribution in [2.45, 2.75) is 117 Å². The summed E-state index contributed by atoms with van der Waals surface area (Å²) in [5.74, 6) is 0.362. The topological polar surface area (TPSA) is 55.9 Å². The lowest BCUT2D eigenvalue weighted by Crippen LogP contribution is -2.62. The van der Waals surface area contributed by atoms with Gasteiger partial charge in [0.15, 0.2) is 0 Å². The summed E-state index contributed by atoms with van der Waals surface area (Å²) in [6.45, 7) is 18.2. The van der Waals surface area contributed by atoms with Crippen LogP contribution in [0.5, 0.6) is 0 Å². The fraction of sp³-hybridized carbons (Fsp3) is 0.926. The first kappa shape index (κ1) is 28.1. The van der Waals surface area contributed by atoms with Gasteiger partial charge in [-0.3, -0.25) is 19.4 Å². The monoisotopic (exact) mass is 464 g/mol. The van der Waals surface area contributed by atoms with Crippen LogP contribution in [0, 0.1) is 11.3 Å². The number of amides is 2. The number of nitrogens with zero attached hydrogens (tertiary/aromatic N) is 3. The van der Waals surface area contributed by atoms with Crippen LogP contribution in [0.15, 0.2) is 0 Å². The van der Waals surface area contributed by atoms with Crippen LogP contribution in [0.25, 0.3) is 0 Å². The molecular formula is C27H52N4O2. The van der Waals surface area contributed by atoms with Crippen molar-refractivity contribution in [1.82, 2.24) is 20.0 Å². The normalized spacial score (nSPS) is 27.3. The summed E-state index contributed by atoms with van der Waals surface area (Å²) in [5.41, 5.74) is -0.155. The molecule has 6 heteroatoms. The number of likely N-dealkylation sites (N-methyl/N-ethyl adjacent to an activating group) is 2. The number of likely N-dealkylation sites (tertiary alicyclic amines) is 2. The number of carbonyl (C=O) groups is 2. The molecular weight excluding hydrogens is 412 g/mol. The summed E-state index contributed by atoms with van der Waals surface area (Å²) in [5, 5.41) is 3.18. The molecule has 0 saturated carbocycles. The zero-order chi connectivity index (χ0) is 25.0. The molecule has 2 fully saturated rings. The third-order valence-corrected chi connectivity index (χ3v) is 8.41. The smallest absolute Gasteiger partial charge is 0.245 e. The Kier molecular flexibility index (Phi) is 9.81. The lowest BCUT2D eigenvalue weighted by atomic mass is 9.83. The van der Waals surface area contributed by atoms with E-state index in [1.807, 2.05) is 19.0 Å². The largest absolute Gasteiger partial charge is 0.342 e. The van der Waals surface area contributed by atoms with E-state index in [2.05, 4.69) is 63.6 Å². The van der Waals surface area contributed by atoms with Crippen molar-refractivity contribution in [2.75, 3.05) is 33.7 Å². The molecule has 2 unspecified atom stereocenters. The molecule has 4 atom stereocenters. The average Bonchev–Trinajstić information content (AvgIpc) is 2.75. The number of rotatable bonds is 8. The number of piperidine rings is 2. The van der Waals surface area contributed by atoms with Gasteiger partial charge >= 0.3 is 0 Å². The van der Waals surface area contributed by atoms with Crippen molar-refractivity contribution >= 4 is 11.8 Å². The zero-order valence-corrected chi connectivity index (χ0v) is 23.0. The summed E-state index contributed by atoms with van der Waals surface area (Å²) >= 11 is 0. The summed E-state index contributed by atoms with van der Waals surface area (Å²) in [6, 6.07) is -0.563. The Labute approximate surface area is 203 Å². The highest BCUT2D eigenvalue weighted by Crippen LogP contribution is 2.32. The molecule has 1 N–H and O–H groups in total. The highest BCUT2D eigenvalue weighted by molar-refractivity contribution is 5.90. The van der Waals surface area contributed by atoms with Gasteiger partial charge in [0.05, 0.1) is 6.04 Å². The fourth-order valence-corrected chi connectivity index (χ4v) is 5.62. The molecule has 0 aromatic heterocycles. The first-order chi connectivity index (χ1) is 15.3. The molecule has 0 aliphatic carbocycles. The van der Waals surface area contributed by atoms with Crippen LogP contribution in [0.1, 0.15) is 93.4 Å². The van der Waals surface area contributed by atoms with Gasteiger partial charge in [0, 0.05) is 25.2 Å². The van der Waals surface area contributed by atoms with E-state index in [4.69, 9.17) is 0 Å². The van der Waals surface area contributed by atoms with E-state index in [0.29, 0.717) is 5.92 Å². The standard InChI is InChI=1S/C27H52N4O2/c1-10-27(7)16-12-14-18-31(27)19-22(20(2)3)30(9)25(33)23(26(4,5)6)28-24(32)21-15-11-13-17-29(21)8/h20-23H,10-19H2,1-9H3,(H,28,32)/t21?,22-,23?,27-/m1/s1. The number of nitrogens with one attached hydrogen (secondary N) is 1. The molecule has 2 heterocycles. The minimum atomic E-state index is -0.537. The Morgan fingerprint density at radius 3 is 2.30 bits per heavy atom. The van der Waals surface area contributed by atoms with E-state index in [-0.39, 0.29) is 34.9 Å². The first-order valence-corrected chi connectivity index (χ1v) is 13.3. The van der Waals surface area contributed by atoms with Crippen LogP contribution in [-0.4, -0.2) is 83.9 Å². The Hall–Kier alpha value is -1.14. The molecule has 0 spiro atoms. The molecule has 192 valence electrons. The Balaban J connectivity index is 2.19. The molecule has 33 heavy (non-hydrogen) atoms. The van der Waals surface area contributed by atoms with Gasteiger partial charge in [-0.05, 0) is 70.5 Å². The fourth-order valence-electron chi connectivity index (χ4n) is 5.62. The number of carbonyl (C=O) groups excluding carboxylic acids is 2. The van der Waals surface area contributed by atoms with Crippen molar-refractivity contribution in [1.29, 1.82) is 0 Å². The number of hydrogen-bond donors (Lipinski definition) is 1. The molecule has 0 aromatic rings. The van der Waals surface area contributed by atoms with Crippen molar-refractivity contribution in [3.8, 4) is 0 Å². The molecule has 0 radical (unpaired) electrons. The molecule has 2 saturated heterocycles. The lowest BCUT2D eigenvalue weighted by Gasteiger charge is -2.48. The maximum Gasteiger partial charge on any atom is 0.245 e. The predicted octanol–water partition coefficient (Wildman–Crippen LogP) is 4.14. The van der Waals surface area contributed by atoms with E-state index < -0.39 is 6.04 Å². The SMILES string of the molecule is CC[C@]1(C)CCCCN1C[C@H](C(C)C)N(C)C(=O)C(NC(=O)C1CCCCN1C)C(C)(C)C. The first-order valence-electron chi connectivity index (χ1n) is 13.3. The second kappa shape index (κ2) is 11.5. The Morgan fingerprint density at radius 2 is 1.76 bits per heavy atom. The highest BCUT2D eigenvalue weighted by Gasteiger charge is 2.41. The maximum absolute atomic E-state index is 13.9. The van der Waals surface area contributed by atoms with Gasteiger partial charge in [-0.25, -0.2) is 0 Å². The van der Waals surface area contributed by atoms with Gasteiger partial charge in [-0.1, -0.05) is 54.4 Å². The van der Waals surface area contributed by atoms with Gasteiger partial charge in [0.25, 0.3) is 0 Å². The van der Waals surface area contributed by atoms with Crippen LogP contribution < -0.4 is 5.32 Å². The van der Waals surface area contributed by atoms with Gasteiger partial charge < -0.3 is 10.2 Å². The molecule has 2 rings (SSSR count). The maximum atomic E-state index is 13.9. The third kappa shape index (κ3) is 6.94. The van der Waals surface area contributed by atoms with Crippen LogP contribution in [-0.2, 0) is 9.59 Å². The van der Waals surface area contributed by atoms with Crippen molar-refractivity contribution < 1.29 is 9.59 Å². The molecule has 0 aromatic carbocycles. The van der Waals surface area contributed by atoms with E-state index in [9.17, 15) is 9.59 Å². The van der Waals surface area contributed by atoms with Crippen molar-refractivity contribution in [2.24, 2.45) is 11.3 Å². The van der Waals surface area contributed by atoms with Crippen LogP contribution in [0.2, 0.25) is 0 Å². The minimum Gasteiger partial charge on any atom is -0.342 e. The molecule has 6 nitrogen and oxygen atoms in total. The van der Waals surface area contributed by atoms with Gasteiger partial charge in [-0.2, -0.15) is 0 Å². The van der Waals surface area contributed by atoms with Crippen LogP contribution in [0.3, 0.4) is 0 Å². The molecule has 0 bridgehead atoms. The third-order valence-electron chi connectivity index (χ3n) is 8.41. The Bertz CT molecular complexity index is 659. The van der Waals surface area contributed by atoms with E-state index in [1.54, 1.807) is 0 Å².